The molecule has 0 saturated carbocycles. The van der Waals surface area contributed by atoms with Crippen molar-refractivity contribution in [2.75, 3.05) is 39.6 Å². The highest BCUT2D eigenvalue weighted by Gasteiger charge is 2.33. The number of nitrogens with one attached hydrogen (secondary N) is 1. The van der Waals surface area contributed by atoms with Crippen LogP contribution in [0.5, 0.6) is 23.0 Å². The molecule has 39 heteroatoms. The molecule has 2 atom stereocenters. The Kier molecular flexibility index (Phi) is 26.4. The molecule has 0 amide bonds. The monoisotopic (exact) mass is 1020 g/mol. The lowest BCUT2D eigenvalue weighted by atomic mass is 10.2. The summed E-state index contributed by atoms with van der Waals surface area (Å²) in [5, 5.41) is 73.2. The molecule has 0 aromatic heterocycles. The molecule has 3 aromatic carbocycles. The largest absolute Gasteiger partial charge is 0.494 e. The Balaban J connectivity index is 0.000000367. The number of esters is 4. The Morgan fingerprint density at radius 2 is 0.699 bits per heavy atom. The lowest BCUT2D eigenvalue weighted by molar-refractivity contribution is -0.146. The summed E-state index contributed by atoms with van der Waals surface area (Å²) in [5.74, 6) is 4.65. The van der Waals surface area contributed by atoms with Crippen LogP contribution < -0.4 is 24.8 Å². The first-order chi connectivity index (χ1) is 35.9. The number of hydrogen-bond donors (Lipinski definition) is 2. The summed E-state index contributed by atoms with van der Waals surface area (Å²) in [4.78, 5) is 47.9. The summed E-state index contributed by atoms with van der Waals surface area (Å²) in [5.41, 5.74) is 6.90. The third-order valence-electron chi connectivity index (χ3n) is 7.70. The van der Waals surface area contributed by atoms with Gasteiger partial charge in [0.2, 0.25) is 0 Å². The van der Waals surface area contributed by atoms with Gasteiger partial charge in [0.1, 0.15) is 23.0 Å². The number of epoxide rings is 2. The van der Waals surface area contributed by atoms with Gasteiger partial charge in [0.25, 0.3) is 0 Å². The third-order valence-corrected chi connectivity index (χ3v) is 7.70. The topological polar surface area (TPSA) is 508 Å². The molecule has 73 heavy (non-hydrogen) atoms. The van der Waals surface area contributed by atoms with Crippen molar-refractivity contribution in [3.63, 3.8) is 0 Å². The number of benzene rings is 3. The Hall–Kier alpha value is -10.3. The summed E-state index contributed by atoms with van der Waals surface area (Å²) in [6.45, 7) is 2.40. The van der Waals surface area contributed by atoms with Crippen molar-refractivity contribution in [1.82, 2.24) is 0 Å². The van der Waals surface area contributed by atoms with E-state index in [4.69, 9.17) is 43.4 Å². The fourth-order valence-electron chi connectivity index (χ4n) is 4.39. The molecule has 0 bridgehead atoms. The van der Waals surface area contributed by atoms with E-state index in [0.717, 1.165) is 0 Å². The molecule has 0 spiro atoms. The Labute approximate surface area is 406 Å². The first-order valence-electron chi connectivity index (χ1n) is 20.3. The van der Waals surface area contributed by atoms with Gasteiger partial charge >= 0.3 is 23.9 Å². The maximum Gasteiger partial charge on any atom is 0.343 e. The zero-order valence-electron chi connectivity index (χ0n) is 37.3. The van der Waals surface area contributed by atoms with Crippen LogP contribution in [-0.4, -0.2) is 75.7 Å². The number of carbonyl (C=O) groups excluding carboxylic acids is 4. The number of rotatable bonds is 30. The zero-order valence-corrected chi connectivity index (χ0v) is 37.3. The van der Waals surface area contributed by atoms with Gasteiger partial charge in [-0.3, -0.25) is 0 Å². The van der Waals surface area contributed by atoms with E-state index >= 15 is 0 Å². The third kappa shape index (κ3) is 26.1. The molecule has 39 nitrogen and oxygen atoms in total. The molecule has 5 rings (SSSR count). The molecule has 2 aliphatic heterocycles. The van der Waals surface area contributed by atoms with Crippen molar-refractivity contribution in [3.05, 3.63) is 83.9 Å². The lowest BCUT2D eigenvalue weighted by Gasteiger charge is -2.09. The van der Waals surface area contributed by atoms with E-state index in [9.17, 15) is 19.2 Å². The normalized spacial score (nSPS) is 15.6. The molecule has 380 valence electrons. The van der Waals surface area contributed by atoms with Crippen molar-refractivity contribution in [2.45, 2.75) is 37.9 Å². The van der Waals surface area contributed by atoms with Gasteiger partial charge in [-0.05, 0) is 177 Å². The average molecular weight is 1020 g/mol. The highest BCUT2D eigenvalue weighted by Crippen LogP contribution is 2.22. The second-order valence-corrected chi connectivity index (χ2v) is 12.7. The maximum absolute atomic E-state index is 12.6. The standard InChI is InChI=1S/C34H34O12.H3N27/c35-31(23-5-9-25(10-6-23)39-17-1-3-19-41-33(37)29-21-43-29)45-27-13-15-28(16-14-27)46-32(36)24-7-11-26(12-8-24)40-18-2-4-20-42-34(38)30-22-44-30;1-3-5-7-9-11-13-15-17-19-21-23-25-27-26-24-22-20-18-16-14-12-10-8-6-4-2/h5-16,29-30H,1-4,17-22H2;(H3,1,2,5,6,9,10,13,14,17,18,21,22,25,26). The van der Waals surface area contributed by atoms with Crippen LogP contribution in [0.25, 0.3) is 0 Å². The highest BCUT2D eigenvalue weighted by molar-refractivity contribution is 5.92. The number of unbranched alkanes of at least 4 members (excludes halogenated alkanes) is 2. The molecule has 0 radical (unpaired) electrons. The lowest BCUT2D eigenvalue weighted by Crippen LogP contribution is -2.12. The van der Waals surface area contributed by atoms with Gasteiger partial charge in [0, 0.05) is 47.0 Å². The molecule has 2 unspecified atom stereocenters. The minimum absolute atomic E-state index is 0.288. The summed E-state index contributed by atoms with van der Waals surface area (Å²) < 4.78 is 42.1. The van der Waals surface area contributed by atoms with Gasteiger partial charge in [0.15, 0.2) is 12.2 Å². The molecule has 2 saturated heterocycles. The average Bonchev–Trinajstić information content (AvgIpc) is 4.35. The van der Waals surface area contributed by atoms with Crippen LogP contribution in [0.15, 0.2) is 203 Å². The Morgan fingerprint density at radius 1 is 0.425 bits per heavy atom. The minimum atomic E-state index is -0.549. The number of carbonyl (C=O) groups is 4. The van der Waals surface area contributed by atoms with Gasteiger partial charge in [-0.1, -0.05) is 5.22 Å². The van der Waals surface area contributed by atoms with E-state index < -0.39 is 11.9 Å². The first-order valence-corrected chi connectivity index (χ1v) is 20.3. The summed E-state index contributed by atoms with van der Waals surface area (Å²) in [6.07, 6.45) is 1.97. The van der Waals surface area contributed by atoms with E-state index in [1.54, 1.807) is 48.5 Å². The number of hydrogen-bond acceptors (Lipinski definition) is 14. The summed E-state index contributed by atoms with van der Waals surface area (Å²) in [6, 6.07) is 19.3. The molecule has 3 aromatic rings. The van der Waals surface area contributed by atoms with Crippen LogP contribution >= 0.6 is 0 Å². The van der Waals surface area contributed by atoms with Crippen LogP contribution in [0, 0.1) is 5.53 Å². The quantitative estimate of drug-likeness (QED) is 0.0120. The molecular formula is C34H37N27O12. The van der Waals surface area contributed by atoms with Crippen LogP contribution in [0.3, 0.4) is 0 Å². The molecule has 0 aliphatic carbocycles. The fraction of sp³-hybridized carbons (Fsp3) is 0.353. The SMILES string of the molecule is N=N/N=N/N=N/N=N/N=N/N=N/N=N/N=N/N=N/N=N/N=N/N=N/N=N/N.O=C(Oc1ccc(OC(=O)c2ccc(OCCCCOC(=O)C3CO3)cc2)cc1)c1ccc(OCCCCOC(=O)C2CO2)cc1. The van der Waals surface area contributed by atoms with Gasteiger partial charge < -0.3 is 43.7 Å². The molecule has 2 aliphatic rings. The van der Waals surface area contributed by atoms with Gasteiger partial charge in [-0.15, -0.1) is 0 Å². The van der Waals surface area contributed by atoms with Crippen molar-refractivity contribution >= 4 is 23.9 Å². The van der Waals surface area contributed by atoms with Gasteiger partial charge in [-0.2, -0.15) is 5.53 Å². The predicted molar refractivity (Wildman–Crippen MR) is 228 cm³/mol. The van der Waals surface area contributed by atoms with Crippen LogP contribution in [-0.2, 0) is 28.5 Å². The Bertz CT molecular complexity index is 2450. The van der Waals surface area contributed by atoms with Crippen LogP contribution in [0.1, 0.15) is 46.4 Å². The summed E-state index contributed by atoms with van der Waals surface area (Å²) >= 11 is 0. The molecule has 3 N–H and O–H groups in total. The smallest absolute Gasteiger partial charge is 0.343 e. The van der Waals surface area contributed by atoms with Crippen molar-refractivity contribution < 1.29 is 57.1 Å². The summed E-state index contributed by atoms with van der Waals surface area (Å²) in [7, 11) is 0. The van der Waals surface area contributed by atoms with Gasteiger partial charge in [-0.25, -0.2) is 19.2 Å². The van der Waals surface area contributed by atoms with Crippen molar-refractivity contribution in [2.24, 2.45) is 136 Å². The van der Waals surface area contributed by atoms with Crippen molar-refractivity contribution in [1.29, 1.82) is 5.53 Å². The second-order valence-electron chi connectivity index (χ2n) is 12.7. The van der Waals surface area contributed by atoms with E-state index in [1.807, 2.05) is 0 Å². The zero-order chi connectivity index (χ0) is 51.8. The number of ether oxygens (including phenoxy) is 8. The van der Waals surface area contributed by atoms with Crippen molar-refractivity contribution in [3.8, 4) is 23.0 Å². The van der Waals surface area contributed by atoms with E-state index in [-0.39, 0.29) is 35.6 Å². The second kappa shape index (κ2) is 34.9. The van der Waals surface area contributed by atoms with E-state index in [1.165, 1.54) is 24.3 Å². The molecular weight excluding hydrogens is 979 g/mol. The number of nitrogens with two attached hydrogens (primary N) is 1. The Morgan fingerprint density at radius 3 is 0.986 bits per heavy atom. The van der Waals surface area contributed by atoms with E-state index in [0.29, 0.717) is 88.0 Å². The number of nitrogens with zero attached hydrogens (tertiary/aromatic N) is 25. The maximum atomic E-state index is 12.6. The first kappa shape index (κ1) is 55.3. The van der Waals surface area contributed by atoms with Crippen LogP contribution in [0.4, 0.5) is 0 Å². The molecule has 2 fully saturated rings. The van der Waals surface area contributed by atoms with Crippen LogP contribution in [0.2, 0.25) is 0 Å². The predicted octanol–water partition coefficient (Wildman–Crippen LogP) is 8.62. The molecule has 2 heterocycles. The minimum Gasteiger partial charge on any atom is -0.494 e. The van der Waals surface area contributed by atoms with Gasteiger partial charge in [0.05, 0.1) is 50.8 Å². The fourth-order valence-corrected chi connectivity index (χ4v) is 4.39. The van der Waals surface area contributed by atoms with E-state index in [2.05, 4.69) is 136 Å². The highest BCUT2D eigenvalue weighted by atomic mass is 16.6.